The molecule has 5 heteroatoms. The van der Waals surface area contributed by atoms with Crippen LogP contribution >= 0.6 is 15.9 Å². The van der Waals surface area contributed by atoms with Gasteiger partial charge in [-0.1, -0.05) is 52.3 Å². The molecular formula is C24H16BrN3O. The number of fused-ring (bicyclic) bond motifs is 2. The van der Waals surface area contributed by atoms with Crippen molar-refractivity contribution < 1.29 is 4.79 Å². The Bertz CT molecular complexity index is 1320. The highest BCUT2D eigenvalue weighted by Gasteiger charge is 2.12. The maximum absolute atomic E-state index is 12.9. The Hall–Kier alpha value is -3.44. The number of halogens is 1. The normalized spacial score (nSPS) is 11.1. The lowest BCUT2D eigenvalue weighted by atomic mass is 10.0. The zero-order chi connectivity index (χ0) is 19.8. The minimum Gasteiger partial charge on any atom is -0.338 e. The molecule has 5 rings (SSSR count). The minimum atomic E-state index is -0.134. The smallest absolute Gasteiger partial charge is 0.256 e. The number of H-pyrrole nitrogens is 1. The van der Waals surface area contributed by atoms with Gasteiger partial charge in [-0.25, -0.2) is 4.98 Å². The molecule has 0 aliphatic heterocycles. The van der Waals surface area contributed by atoms with E-state index in [1.165, 1.54) is 0 Å². The zero-order valence-electron chi connectivity index (χ0n) is 15.3. The first kappa shape index (κ1) is 17.6. The van der Waals surface area contributed by atoms with Gasteiger partial charge in [0.2, 0.25) is 0 Å². The van der Waals surface area contributed by atoms with Gasteiger partial charge in [0.15, 0.2) is 0 Å². The van der Waals surface area contributed by atoms with E-state index in [0.29, 0.717) is 5.56 Å². The second kappa shape index (κ2) is 7.18. The van der Waals surface area contributed by atoms with Crippen molar-refractivity contribution in [3.63, 3.8) is 0 Å². The van der Waals surface area contributed by atoms with E-state index in [1.807, 2.05) is 84.9 Å². The number of aromatic nitrogens is 2. The second-order valence-corrected chi connectivity index (χ2v) is 7.63. The Morgan fingerprint density at radius 3 is 2.41 bits per heavy atom. The first-order valence-electron chi connectivity index (χ1n) is 9.23. The molecule has 1 heterocycles. The Labute approximate surface area is 175 Å². The van der Waals surface area contributed by atoms with Crippen LogP contribution in [0.3, 0.4) is 0 Å². The first-order chi connectivity index (χ1) is 14.2. The number of rotatable bonds is 3. The van der Waals surface area contributed by atoms with Crippen molar-refractivity contribution in [2.24, 2.45) is 0 Å². The molecule has 29 heavy (non-hydrogen) atoms. The molecule has 0 bridgehead atoms. The summed E-state index contributed by atoms with van der Waals surface area (Å²) in [5.74, 6) is 0.674. The first-order valence-corrected chi connectivity index (χ1v) is 10.0. The molecule has 0 atom stereocenters. The molecule has 0 fully saturated rings. The largest absolute Gasteiger partial charge is 0.338 e. The summed E-state index contributed by atoms with van der Waals surface area (Å²) in [5, 5.41) is 4.92. The molecule has 2 N–H and O–H groups in total. The molecule has 0 unspecified atom stereocenters. The molecule has 140 valence electrons. The van der Waals surface area contributed by atoms with Crippen LogP contribution in [0.4, 0.5) is 5.69 Å². The highest BCUT2D eigenvalue weighted by molar-refractivity contribution is 9.10. The molecular weight excluding hydrogens is 426 g/mol. The lowest BCUT2D eigenvalue weighted by Gasteiger charge is -2.09. The number of amides is 1. The SMILES string of the molecule is O=C(Nc1ccc(-c2nc3ccccc3[nH]2)cc1)c1cccc2c(Br)cccc12. The Balaban J connectivity index is 1.41. The summed E-state index contributed by atoms with van der Waals surface area (Å²) in [5.41, 5.74) is 4.28. The van der Waals surface area contributed by atoms with E-state index in [-0.39, 0.29) is 5.91 Å². The van der Waals surface area contributed by atoms with Gasteiger partial charge in [0.05, 0.1) is 11.0 Å². The molecule has 4 nitrogen and oxygen atoms in total. The van der Waals surface area contributed by atoms with Crippen molar-refractivity contribution in [2.75, 3.05) is 5.32 Å². The number of nitrogens with one attached hydrogen (secondary N) is 2. The molecule has 0 saturated carbocycles. The molecule has 0 aliphatic carbocycles. The number of para-hydroxylation sites is 2. The maximum Gasteiger partial charge on any atom is 0.256 e. The van der Waals surface area contributed by atoms with Gasteiger partial charge in [-0.05, 0) is 59.3 Å². The highest BCUT2D eigenvalue weighted by Crippen LogP contribution is 2.27. The number of nitrogens with zero attached hydrogens (tertiary/aromatic N) is 1. The summed E-state index contributed by atoms with van der Waals surface area (Å²) in [6, 6.07) is 27.2. The van der Waals surface area contributed by atoms with E-state index < -0.39 is 0 Å². The number of hydrogen-bond donors (Lipinski definition) is 2. The van der Waals surface area contributed by atoms with Crippen LogP contribution in [-0.2, 0) is 0 Å². The van der Waals surface area contributed by atoms with Crippen molar-refractivity contribution in [3.8, 4) is 11.4 Å². The van der Waals surface area contributed by atoms with E-state index in [1.54, 1.807) is 0 Å². The number of anilines is 1. The maximum atomic E-state index is 12.9. The quantitative estimate of drug-likeness (QED) is 0.340. The summed E-state index contributed by atoms with van der Waals surface area (Å²) in [6.07, 6.45) is 0. The number of carbonyl (C=O) groups is 1. The third-order valence-electron chi connectivity index (χ3n) is 4.92. The van der Waals surface area contributed by atoms with Crippen molar-refractivity contribution in [1.29, 1.82) is 0 Å². The van der Waals surface area contributed by atoms with Crippen molar-refractivity contribution in [2.45, 2.75) is 0 Å². The number of aromatic amines is 1. The summed E-state index contributed by atoms with van der Waals surface area (Å²) >= 11 is 3.55. The van der Waals surface area contributed by atoms with E-state index >= 15 is 0 Å². The fourth-order valence-electron chi connectivity index (χ4n) is 3.47. The number of imidazole rings is 1. The predicted octanol–water partition coefficient (Wildman–Crippen LogP) is 6.40. The summed E-state index contributed by atoms with van der Waals surface area (Å²) < 4.78 is 0.972. The van der Waals surface area contributed by atoms with Gasteiger partial charge >= 0.3 is 0 Å². The van der Waals surface area contributed by atoms with Gasteiger partial charge in [0, 0.05) is 21.3 Å². The highest BCUT2D eigenvalue weighted by atomic mass is 79.9. The van der Waals surface area contributed by atoms with Gasteiger partial charge < -0.3 is 10.3 Å². The van der Waals surface area contributed by atoms with E-state index in [2.05, 4.69) is 31.2 Å². The van der Waals surface area contributed by atoms with Crippen molar-refractivity contribution in [1.82, 2.24) is 9.97 Å². The topological polar surface area (TPSA) is 57.8 Å². The van der Waals surface area contributed by atoms with Crippen molar-refractivity contribution >= 4 is 49.3 Å². The Kier molecular flexibility index (Phi) is 4.37. The van der Waals surface area contributed by atoms with Crippen LogP contribution in [0.2, 0.25) is 0 Å². The van der Waals surface area contributed by atoms with E-state index in [0.717, 1.165) is 43.4 Å². The Morgan fingerprint density at radius 1 is 0.828 bits per heavy atom. The molecule has 4 aromatic carbocycles. The second-order valence-electron chi connectivity index (χ2n) is 6.77. The van der Waals surface area contributed by atoms with Crippen LogP contribution in [0.5, 0.6) is 0 Å². The molecule has 0 saturated heterocycles. The average Bonchev–Trinajstić information content (AvgIpc) is 3.18. The van der Waals surface area contributed by atoms with Crippen LogP contribution < -0.4 is 5.32 Å². The van der Waals surface area contributed by atoms with E-state index in [9.17, 15) is 4.79 Å². The molecule has 0 spiro atoms. The molecule has 1 aromatic heterocycles. The summed E-state index contributed by atoms with van der Waals surface area (Å²) in [6.45, 7) is 0. The zero-order valence-corrected chi connectivity index (χ0v) is 16.9. The van der Waals surface area contributed by atoms with Crippen LogP contribution in [0, 0.1) is 0 Å². The number of hydrogen-bond acceptors (Lipinski definition) is 2. The monoisotopic (exact) mass is 441 g/mol. The number of benzene rings is 4. The van der Waals surface area contributed by atoms with E-state index in [4.69, 9.17) is 0 Å². The van der Waals surface area contributed by atoms with Gasteiger partial charge in [-0.3, -0.25) is 4.79 Å². The number of carbonyl (C=O) groups excluding carboxylic acids is 1. The predicted molar refractivity (Wildman–Crippen MR) is 121 cm³/mol. The van der Waals surface area contributed by atoms with Gasteiger partial charge in [0.25, 0.3) is 5.91 Å². The average molecular weight is 442 g/mol. The third kappa shape index (κ3) is 3.30. The standard InChI is InChI=1S/C24H16BrN3O/c25-20-8-4-5-17-18(20)6-3-7-19(17)24(29)26-16-13-11-15(12-14-16)23-27-21-9-1-2-10-22(21)28-23/h1-14H,(H,26,29)(H,27,28). The van der Waals surface area contributed by atoms with Crippen molar-refractivity contribution in [3.05, 3.63) is 95.0 Å². The summed E-state index contributed by atoms with van der Waals surface area (Å²) in [4.78, 5) is 20.8. The lowest BCUT2D eigenvalue weighted by Crippen LogP contribution is -2.12. The fraction of sp³-hybridized carbons (Fsp3) is 0. The minimum absolute atomic E-state index is 0.134. The van der Waals surface area contributed by atoms with Gasteiger partial charge in [-0.15, -0.1) is 0 Å². The van der Waals surface area contributed by atoms with Gasteiger partial charge in [-0.2, -0.15) is 0 Å². The summed E-state index contributed by atoms with van der Waals surface area (Å²) in [7, 11) is 0. The molecule has 0 aliphatic rings. The Morgan fingerprint density at radius 2 is 1.59 bits per heavy atom. The molecule has 5 aromatic rings. The van der Waals surface area contributed by atoms with Crippen LogP contribution in [-0.4, -0.2) is 15.9 Å². The van der Waals surface area contributed by atoms with Crippen LogP contribution in [0.15, 0.2) is 89.4 Å². The fourth-order valence-corrected chi connectivity index (χ4v) is 3.97. The molecule has 0 radical (unpaired) electrons. The lowest BCUT2D eigenvalue weighted by molar-refractivity contribution is 0.102. The third-order valence-corrected chi connectivity index (χ3v) is 5.61. The van der Waals surface area contributed by atoms with Crippen LogP contribution in [0.1, 0.15) is 10.4 Å². The molecule has 1 amide bonds. The van der Waals surface area contributed by atoms with Crippen LogP contribution in [0.25, 0.3) is 33.2 Å². The van der Waals surface area contributed by atoms with Gasteiger partial charge in [0.1, 0.15) is 5.82 Å².